The van der Waals surface area contributed by atoms with E-state index in [0.29, 0.717) is 30.8 Å². The van der Waals surface area contributed by atoms with E-state index >= 15 is 0 Å². The summed E-state index contributed by atoms with van der Waals surface area (Å²) in [7, 11) is 0. The highest BCUT2D eigenvalue weighted by molar-refractivity contribution is 5.80. The Bertz CT molecular complexity index is 473. The number of carboxylic acid groups (broad SMARTS) is 1. The first-order valence-electron chi connectivity index (χ1n) is 8.63. The number of urea groups is 1. The molecule has 3 aliphatic rings. The van der Waals surface area contributed by atoms with E-state index in [9.17, 15) is 14.7 Å². The number of carbonyl (C=O) groups is 2. The average Bonchev–Trinajstić information content (AvgIpc) is 2.91. The molecule has 0 aromatic carbocycles. The quantitative estimate of drug-likeness (QED) is 0.820. The number of amides is 2. The van der Waals surface area contributed by atoms with Gasteiger partial charge in [0, 0.05) is 19.6 Å². The van der Waals surface area contributed by atoms with Crippen LogP contribution in [0.15, 0.2) is 0 Å². The molecule has 1 saturated heterocycles. The van der Waals surface area contributed by atoms with Gasteiger partial charge in [-0.2, -0.15) is 0 Å². The highest BCUT2D eigenvalue weighted by Gasteiger charge is 2.56. The van der Waals surface area contributed by atoms with Gasteiger partial charge in [0.15, 0.2) is 0 Å². The number of carbonyl (C=O) groups excluding carboxylic acids is 1. The zero-order chi connectivity index (χ0) is 16.0. The predicted octanol–water partition coefficient (Wildman–Crippen LogP) is 2.71. The van der Waals surface area contributed by atoms with E-state index in [2.05, 4.69) is 19.2 Å². The van der Waals surface area contributed by atoms with Crippen LogP contribution in [0.1, 0.15) is 52.4 Å². The minimum Gasteiger partial charge on any atom is -0.481 e. The molecule has 0 aromatic heterocycles. The van der Waals surface area contributed by atoms with E-state index in [1.807, 2.05) is 0 Å². The van der Waals surface area contributed by atoms with Crippen LogP contribution >= 0.6 is 0 Å². The van der Waals surface area contributed by atoms with E-state index in [1.165, 1.54) is 12.8 Å². The van der Waals surface area contributed by atoms with Crippen molar-refractivity contribution < 1.29 is 14.7 Å². The lowest BCUT2D eigenvalue weighted by atomic mass is 9.81. The molecule has 0 radical (unpaired) electrons. The maximum atomic E-state index is 12.4. The predicted molar refractivity (Wildman–Crippen MR) is 83.5 cm³/mol. The Morgan fingerprint density at radius 2 is 2.05 bits per heavy atom. The van der Waals surface area contributed by atoms with Gasteiger partial charge in [-0.05, 0) is 49.4 Å². The van der Waals surface area contributed by atoms with Crippen molar-refractivity contribution in [1.29, 1.82) is 0 Å². The third-order valence-corrected chi connectivity index (χ3v) is 6.00. The second kappa shape index (κ2) is 5.43. The summed E-state index contributed by atoms with van der Waals surface area (Å²) in [5.41, 5.74) is -0.365. The summed E-state index contributed by atoms with van der Waals surface area (Å²) in [6, 6.07) is -0.0648. The van der Waals surface area contributed by atoms with Gasteiger partial charge >= 0.3 is 12.0 Å². The average molecular weight is 308 g/mol. The Hall–Kier alpha value is -1.26. The van der Waals surface area contributed by atoms with Gasteiger partial charge in [-0.15, -0.1) is 0 Å². The number of rotatable bonds is 5. The lowest BCUT2D eigenvalue weighted by Gasteiger charge is -2.24. The SMILES string of the molecule is CC(C)CC1(CNC(=O)N2C[C@@H]3CCC[C@@]3(C(=O)O)C2)CC1. The minimum atomic E-state index is -0.719. The number of nitrogens with one attached hydrogen (secondary N) is 1. The molecule has 5 heteroatoms. The van der Waals surface area contributed by atoms with Gasteiger partial charge in [-0.1, -0.05) is 20.3 Å². The largest absolute Gasteiger partial charge is 0.481 e. The molecule has 3 fully saturated rings. The Morgan fingerprint density at radius 3 is 2.59 bits per heavy atom. The molecule has 0 spiro atoms. The molecular weight excluding hydrogens is 280 g/mol. The van der Waals surface area contributed by atoms with Crippen LogP contribution in [0.2, 0.25) is 0 Å². The first-order valence-corrected chi connectivity index (χ1v) is 8.63. The van der Waals surface area contributed by atoms with Crippen molar-refractivity contribution in [2.45, 2.75) is 52.4 Å². The molecule has 1 aliphatic heterocycles. The third kappa shape index (κ3) is 2.70. The molecule has 0 aromatic rings. The van der Waals surface area contributed by atoms with Gasteiger partial charge in [0.25, 0.3) is 0 Å². The number of fused-ring (bicyclic) bond motifs is 1. The summed E-state index contributed by atoms with van der Waals surface area (Å²) in [6.07, 6.45) is 6.20. The van der Waals surface area contributed by atoms with E-state index in [4.69, 9.17) is 0 Å². The van der Waals surface area contributed by atoms with Crippen LogP contribution in [0.5, 0.6) is 0 Å². The monoisotopic (exact) mass is 308 g/mol. The van der Waals surface area contributed by atoms with E-state index in [-0.39, 0.29) is 11.9 Å². The van der Waals surface area contributed by atoms with Crippen LogP contribution in [-0.4, -0.2) is 41.6 Å². The van der Waals surface area contributed by atoms with Crippen molar-refractivity contribution in [1.82, 2.24) is 10.2 Å². The van der Waals surface area contributed by atoms with Gasteiger partial charge < -0.3 is 15.3 Å². The summed E-state index contributed by atoms with van der Waals surface area (Å²) >= 11 is 0. The Morgan fingerprint density at radius 1 is 1.32 bits per heavy atom. The summed E-state index contributed by atoms with van der Waals surface area (Å²) < 4.78 is 0. The van der Waals surface area contributed by atoms with Crippen LogP contribution < -0.4 is 5.32 Å². The van der Waals surface area contributed by atoms with Crippen LogP contribution in [0.4, 0.5) is 4.79 Å². The fourth-order valence-electron chi connectivity index (χ4n) is 4.66. The van der Waals surface area contributed by atoms with Crippen LogP contribution in [0.3, 0.4) is 0 Å². The summed E-state index contributed by atoms with van der Waals surface area (Å²) in [4.78, 5) is 25.8. The van der Waals surface area contributed by atoms with Crippen LogP contribution in [0.25, 0.3) is 0 Å². The Labute approximate surface area is 132 Å². The van der Waals surface area contributed by atoms with Crippen molar-refractivity contribution in [3.05, 3.63) is 0 Å². The van der Waals surface area contributed by atoms with Crippen molar-refractivity contribution in [2.24, 2.45) is 22.7 Å². The molecule has 3 rings (SSSR count). The van der Waals surface area contributed by atoms with Gasteiger partial charge in [-0.25, -0.2) is 4.79 Å². The Balaban J connectivity index is 1.55. The first kappa shape index (κ1) is 15.6. The zero-order valence-corrected chi connectivity index (χ0v) is 13.7. The summed E-state index contributed by atoms with van der Waals surface area (Å²) in [5.74, 6) is 0.0749. The molecular formula is C17H28N2O3. The minimum absolute atomic E-state index is 0.0648. The number of aliphatic carboxylic acids is 1. The van der Waals surface area contributed by atoms with Crippen LogP contribution in [0, 0.1) is 22.7 Å². The topological polar surface area (TPSA) is 69.6 Å². The molecule has 1 heterocycles. The lowest BCUT2D eigenvalue weighted by molar-refractivity contribution is -0.149. The number of hydrogen-bond donors (Lipinski definition) is 2. The van der Waals surface area contributed by atoms with Gasteiger partial charge in [0.05, 0.1) is 5.41 Å². The first-order chi connectivity index (χ1) is 10.4. The summed E-state index contributed by atoms with van der Waals surface area (Å²) in [6.45, 7) is 6.18. The number of carboxylic acids is 1. The second-order valence-corrected chi connectivity index (χ2v) is 8.19. The molecule has 2 saturated carbocycles. The molecule has 0 unspecified atom stereocenters. The molecule has 5 nitrogen and oxygen atoms in total. The van der Waals surface area contributed by atoms with Gasteiger partial charge in [0.2, 0.25) is 0 Å². The summed E-state index contributed by atoms with van der Waals surface area (Å²) in [5, 5.41) is 12.7. The van der Waals surface area contributed by atoms with E-state index in [1.54, 1.807) is 4.90 Å². The number of nitrogens with zero attached hydrogens (tertiary/aromatic N) is 1. The smallest absolute Gasteiger partial charge is 0.317 e. The molecule has 22 heavy (non-hydrogen) atoms. The molecule has 2 amide bonds. The Kier molecular flexibility index (Phi) is 3.86. The second-order valence-electron chi connectivity index (χ2n) is 8.19. The number of hydrogen-bond acceptors (Lipinski definition) is 2. The number of likely N-dealkylation sites (tertiary alicyclic amines) is 1. The lowest BCUT2D eigenvalue weighted by Crippen LogP contribution is -2.43. The molecule has 0 bridgehead atoms. The van der Waals surface area contributed by atoms with Crippen molar-refractivity contribution in [2.75, 3.05) is 19.6 Å². The molecule has 124 valence electrons. The van der Waals surface area contributed by atoms with Crippen LogP contribution in [-0.2, 0) is 4.79 Å². The highest BCUT2D eigenvalue weighted by Crippen LogP contribution is 2.51. The van der Waals surface area contributed by atoms with Crippen molar-refractivity contribution in [3.8, 4) is 0 Å². The fourth-order valence-corrected chi connectivity index (χ4v) is 4.66. The van der Waals surface area contributed by atoms with E-state index in [0.717, 1.165) is 25.8 Å². The van der Waals surface area contributed by atoms with Gasteiger partial charge in [-0.3, -0.25) is 4.79 Å². The fraction of sp³-hybridized carbons (Fsp3) is 0.882. The maximum Gasteiger partial charge on any atom is 0.317 e. The zero-order valence-electron chi connectivity index (χ0n) is 13.7. The molecule has 2 aliphatic carbocycles. The van der Waals surface area contributed by atoms with Gasteiger partial charge in [0.1, 0.15) is 0 Å². The van der Waals surface area contributed by atoms with E-state index < -0.39 is 11.4 Å². The normalized spacial score (nSPS) is 32.1. The highest BCUT2D eigenvalue weighted by atomic mass is 16.4. The third-order valence-electron chi connectivity index (χ3n) is 6.00. The van der Waals surface area contributed by atoms with Crippen molar-refractivity contribution >= 4 is 12.0 Å². The molecule has 2 N–H and O–H groups in total. The molecule has 2 atom stereocenters. The maximum absolute atomic E-state index is 12.4. The van der Waals surface area contributed by atoms with Crippen molar-refractivity contribution in [3.63, 3.8) is 0 Å². The standard InChI is InChI=1S/C17H28N2O3/c1-12(2)8-16(6-7-16)10-18-15(22)19-9-13-4-3-5-17(13,11-19)14(20)21/h12-13H,3-11H2,1-2H3,(H,18,22)(H,20,21)/t13-,17+/m0/s1.